The van der Waals surface area contributed by atoms with Gasteiger partial charge in [0.15, 0.2) is 5.75 Å². The second kappa shape index (κ2) is 9.31. The number of methoxy groups -OCH3 is 2. The minimum absolute atomic E-state index is 0.214. The van der Waals surface area contributed by atoms with E-state index in [1.54, 1.807) is 18.7 Å². The molecule has 5 heteroatoms. The van der Waals surface area contributed by atoms with Gasteiger partial charge in [-0.25, -0.2) is 0 Å². The summed E-state index contributed by atoms with van der Waals surface area (Å²) in [5.74, 6) is 1.36. The molecule has 5 nitrogen and oxygen atoms in total. The number of ether oxygens (including phenoxy) is 3. The molecule has 2 aromatic rings. The van der Waals surface area contributed by atoms with Crippen LogP contribution in [0.25, 0.3) is 10.9 Å². The van der Waals surface area contributed by atoms with Gasteiger partial charge in [0.2, 0.25) is 5.75 Å². The van der Waals surface area contributed by atoms with E-state index < -0.39 is 0 Å². The van der Waals surface area contributed by atoms with Crippen LogP contribution in [0.5, 0.6) is 17.2 Å². The molecule has 0 saturated carbocycles. The van der Waals surface area contributed by atoms with Gasteiger partial charge in [-0.05, 0) is 51.8 Å². The molecule has 0 spiro atoms. The van der Waals surface area contributed by atoms with Gasteiger partial charge in [-0.15, -0.1) is 0 Å². The van der Waals surface area contributed by atoms with Gasteiger partial charge in [0, 0.05) is 18.5 Å². The number of benzene rings is 1. The van der Waals surface area contributed by atoms with Crippen molar-refractivity contribution < 1.29 is 14.2 Å². The molecule has 0 atom stereocenters. The predicted octanol–water partition coefficient (Wildman–Crippen LogP) is 4.63. The van der Waals surface area contributed by atoms with E-state index in [1.165, 1.54) is 18.3 Å². The summed E-state index contributed by atoms with van der Waals surface area (Å²) in [6.45, 7) is 6.67. The highest BCUT2D eigenvalue weighted by Gasteiger charge is 2.17. The maximum Gasteiger partial charge on any atom is 0.297 e. The van der Waals surface area contributed by atoms with Crippen molar-refractivity contribution in [3.63, 3.8) is 0 Å². The lowest BCUT2D eigenvalue weighted by molar-refractivity contribution is 0.325. The van der Waals surface area contributed by atoms with E-state index in [9.17, 15) is 4.79 Å². The quantitative estimate of drug-likeness (QED) is 0.635. The number of rotatable bonds is 8. The van der Waals surface area contributed by atoms with Crippen LogP contribution in [-0.4, -0.2) is 25.4 Å². The highest BCUT2D eigenvalue weighted by molar-refractivity contribution is 5.89. The number of nitrogens with zero attached hydrogens (tertiary/aromatic N) is 1. The number of hydrogen-bond acceptors (Lipinski definition) is 4. The van der Waals surface area contributed by atoms with E-state index in [0.717, 1.165) is 23.7 Å². The van der Waals surface area contributed by atoms with E-state index in [2.05, 4.69) is 26.8 Å². The summed E-state index contributed by atoms with van der Waals surface area (Å²) >= 11 is 0. The molecule has 0 N–H and O–H groups in total. The lowest BCUT2D eigenvalue weighted by Crippen LogP contribution is -2.20. The van der Waals surface area contributed by atoms with Crippen LogP contribution in [0.3, 0.4) is 0 Å². The molecule has 1 aromatic heterocycles. The molecule has 1 heterocycles. The molecule has 1 aromatic carbocycles. The summed E-state index contributed by atoms with van der Waals surface area (Å²) < 4.78 is 18.2. The first-order valence-electron chi connectivity index (χ1n) is 9.05. The highest BCUT2D eigenvalue weighted by Crippen LogP contribution is 2.34. The number of fused-ring (bicyclic) bond motifs is 1. The average molecular weight is 371 g/mol. The zero-order valence-corrected chi connectivity index (χ0v) is 17.1. The second-order valence-corrected chi connectivity index (χ2v) is 6.79. The molecular formula is C22H29NO4. The Labute approximate surface area is 160 Å². The third-order valence-corrected chi connectivity index (χ3v) is 4.47. The Kier molecular flexibility index (Phi) is 7.11. The third kappa shape index (κ3) is 4.94. The lowest BCUT2D eigenvalue weighted by Gasteiger charge is -2.15. The molecule has 146 valence electrons. The van der Waals surface area contributed by atoms with Gasteiger partial charge in [-0.2, -0.15) is 0 Å². The molecule has 0 aliphatic heterocycles. The van der Waals surface area contributed by atoms with Crippen LogP contribution >= 0.6 is 0 Å². The lowest BCUT2D eigenvalue weighted by atomic mass is 10.1. The predicted molar refractivity (Wildman–Crippen MR) is 110 cm³/mol. The fourth-order valence-electron chi connectivity index (χ4n) is 2.87. The fourth-order valence-corrected chi connectivity index (χ4v) is 2.87. The van der Waals surface area contributed by atoms with Crippen LogP contribution in [0.1, 0.15) is 33.6 Å². The number of aryl methyl sites for hydroxylation is 1. The Morgan fingerprint density at radius 1 is 1.07 bits per heavy atom. The van der Waals surface area contributed by atoms with Gasteiger partial charge < -0.3 is 18.8 Å². The van der Waals surface area contributed by atoms with E-state index in [1.807, 2.05) is 24.3 Å². The van der Waals surface area contributed by atoms with Crippen LogP contribution in [0.15, 0.2) is 46.3 Å². The Hall–Kier alpha value is -2.69. The number of hydrogen-bond donors (Lipinski definition) is 0. The molecular weight excluding hydrogens is 342 g/mol. The summed E-state index contributed by atoms with van der Waals surface area (Å²) in [5, 5.41) is 0.811. The van der Waals surface area contributed by atoms with Crippen molar-refractivity contribution in [3.05, 3.63) is 51.9 Å². The molecule has 0 aliphatic carbocycles. The normalized spacial score (nSPS) is 11.4. The minimum atomic E-state index is -0.238. The highest BCUT2D eigenvalue weighted by atomic mass is 16.5. The monoisotopic (exact) mass is 371 g/mol. The molecule has 0 amide bonds. The molecule has 0 aliphatic rings. The Morgan fingerprint density at radius 2 is 1.81 bits per heavy atom. The molecule has 0 saturated heterocycles. The summed E-state index contributed by atoms with van der Waals surface area (Å²) in [6, 6.07) is 5.56. The van der Waals surface area contributed by atoms with Crippen molar-refractivity contribution in [2.45, 2.75) is 33.6 Å². The first-order valence-corrected chi connectivity index (χ1v) is 9.05. The molecule has 0 fully saturated rings. The first kappa shape index (κ1) is 20.6. The Morgan fingerprint density at radius 3 is 2.44 bits per heavy atom. The van der Waals surface area contributed by atoms with E-state index in [4.69, 9.17) is 14.2 Å². The first-order chi connectivity index (χ1) is 12.9. The van der Waals surface area contributed by atoms with Crippen molar-refractivity contribution in [2.75, 3.05) is 20.8 Å². The van der Waals surface area contributed by atoms with Crippen LogP contribution in [0, 0.1) is 0 Å². The molecule has 0 radical (unpaired) electrons. The fraction of sp³-hybridized carbons (Fsp3) is 0.409. The molecule has 2 rings (SSSR count). The number of pyridine rings is 1. The average Bonchev–Trinajstić information content (AvgIpc) is 2.65. The molecule has 27 heavy (non-hydrogen) atoms. The van der Waals surface area contributed by atoms with Gasteiger partial charge in [0.05, 0.1) is 19.7 Å². The Bertz CT molecular complexity index is 918. The third-order valence-electron chi connectivity index (χ3n) is 4.47. The van der Waals surface area contributed by atoms with Gasteiger partial charge >= 0.3 is 0 Å². The maximum absolute atomic E-state index is 12.6. The van der Waals surface area contributed by atoms with Crippen LogP contribution in [-0.2, 0) is 7.05 Å². The smallest absolute Gasteiger partial charge is 0.297 e. The number of allylic oxidation sites excluding steroid dienone is 3. The SMILES string of the molecule is COc1ccc2c(OC/C=C(\C)CCC=C(C)C)c(OC)c(=O)n(C)c2c1. The zero-order valence-electron chi connectivity index (χ0n) is 17.1. The topological polar surface area (TPSA) is 49.7 Å². The van der Waals surface area contributed by atoms with Crippen molar-refractivity contribution >= 4 is 10.9 Å². The largest absolute Gasteiger partial charge is 0.497 e. The minimum Gasteiger partial charge on any atom is -0.497 e. The zero-order chi connectivity index (χ0) is 20.0. The van der Waals surface area contributed by atoms with Crippen molar-refractivity contribution in [1.82, 2.24) is 4.57 Å². The van der Waals surface area contributed by atoms with Gasteiger partial charge in [-0.1, -0.05) is 17.2 Å². The number of aromatic nitrogens is 1. The van der Waals surface area contributed by atoms with E-state index in [-0.39, 0.29) is 11.3 Å². The summed E-state index contributed by atoms with van der Waals surface area (Å²) in [5.41, 5.74) is 3.07. The summed E-state index contributed by atoms with van der Waals surface area (Å²) in [6.07, 6.45) is 6.27. The maximum atomic E-state index is 12.6. The van der Waals surface area contributed by atoms with E-state index in [0.29, 0.717) is 18.1 Å². The van der Waals surface area contributed by atoms with Gasteiger partial charge in [0.1, 0.15) is 12.4 Å². The van der Waals surface area contributed by atoms with Crippen LogP contribution in [0.2, 0.25) is 0 Å². The van der Waals surface area contributed by atoms with Crippen molar-refractivity contribution in [3.8, 4) is 17.2 Å². The summed E-state index contributed by atoms with van der Waals surface area (Å²) in [7, 11) is 4.80. The molecule has 0 unspecified atom stereocenters. The van der Waals surface area contributed by atoms with Gasteiger partial charge in [0.25, 0.3) is 5.56 Å². The van der Waals surface area contributed by atoms with Crippen LogP contribution < -0.4 is 19.8 Å². The molecule has 0 bridgehead atoms. The Balaban J connectivity index is 2.32. The van der Waals surface area contributed by atoms with Crippen molar-refractivity contribution in [1.29, 1.82) is 0 Å². The summed E-state index contributed by atoms with van der Waals surface area (Å²) in [4.78, 5) is 12.6. The van der Waals surface area contributed by atoms with Crippen LogP contribution in [0.4, 0.5) is 0 Å². The van der Waals surface area contributed by atoms with Gasteiger partial charge in [-0.3, -0.25) is 4.79 Å². The second-order valence-electron chi connectivity index (χ2n) is 6.79. The van der Waals surface area contributed by atoms with E-state index >= 15 is 0 Å². The standard InChI is InChI=1S/C22H29NO4/c1-15(2)8-7-9-16(3)12-13-27-20-18-11-10-17(25-5)14-19(18)23(4)22(24)21(20)26-6/h8,10-12,14H,7,9,13H2,1-6H3/b16-12+. The van der Waals surface area contributed by atoms with Crippen molar-refractivity contribution in [2.24, 2.45) is 7.05 Å².